The van der Waals surface area contributed by atoms with Crippen molar-refractivity contribution < 1.29 is 10.0 Å². The van der Waals surface area contributed by atoms with Crippen molar-refractivity contribution in [2.75, 3.05) is 24.5 Å². The van der Waals surface area contributed by atoms with Crippen LogP contribution in [-0.4, -0.2) is 45.3 Å². The Balaban J connectivity index is 1.14. The number of para-hydroxylation sites is 1. The van der Waals surface area contributed by atoms with E-state index in [1.165, 1.54) is 54.5 Å². The van der Waals surface area contributed by atoms with Crippen LogP contribution in [0.1, 0.15) is 60.5 Å². The van der Waals surface area contributed by atoms with Crippen LogP contribution < -0.4 is 15.7 Å². The van der Waals surface area contributed by atoms with Gasteiger partial charge in [-0.1, -0.05) is 31.0 Å². The summed E-state index contributed by atoms with van der Waals surface area (Å²) in [6.45, 7) is 3.71. The molecule has 3 N–H and O–H groups in total. The molecule has 1 amide bonds. The van der Waals surface area contributed by atoms with Gasteiger partial charge < -0.3 is 14.8 Å². The van der Waals surface area contributed by atoms with Crippen molar-refractivity contribution >= 4 is 22.8 Å². The summed E-state index contributed by atoms with van der Waals surface area (Å²) >= 11 is 0. The summed E-state index contributed by atoms with van der Waals surface area (Å²) in [4.78, 5) is 22.2. The van der Waals surface area contributed by atoms with Gasteiger partial charge in [0.1, 0.15) is 0 Å². The molecule has 8 nitrogen and oxygen atoms in total. The van der Waals surface area contributed by atoms with E-state index in [4.69, 9.17) is 5.21 Å². The van der Waals surface area contributed by atoms with Crippen LogP contribution in [0, 0.1) is 5.92 Å². The van der Waals surface area contributed by atoms with E-state index >= 15 is 0 Å². The monoisotopic (exact) mass is 448 g/mol. The topological polar surface area (TPSA) is 95.3 Å². The van der Waals surface area contributed by atoms with Gasteiger partial charge in [-0.25, -0.2) is 15.4 Å². The molecule has 33 heavy (non-hydrogen) atoms. The smallest absolute Gasteiger partial charge is 0.277 e. The Morgan fingerprint density at radius 3 is 2.52 bits per heavy atom. The number of benzene rings is 1. The third-order valence-corrected chi connectivity index (χ3v) is 7.19. The molecule has 0 unspecified atom stereocenters. The molecule has 2 aromatic heterocycles. The summed E-state index contributed by atoms with van der Waals surface area (Å²) in [5, 5.41) is 13.8. The predicted octanol–water partition coefficient (Wildman–Crippen LogP) is 3.67. The summed E-state index contributed by atoms with van der Waals surface area (Å²) in [6.07, 6.45) is 12.7. The summed E-state index contributed by atoms with van der Waals surface area (Å²) in [6, 6.07) is 9.47. The summed E-state index contributed by atoms with van der Waals surface area (Å²) < 4.78 is 2.52. The maximum atomic E-state index is 11.4. The second-order valence-electron chi connectivity index (χ2n) is 9.29. The van der Waals surface area contributed by atoms with E-state index in [9.17, 15) is 4.79 Å². The number of anilines is 1. The number of amides is 1. The van der Waals surface area contributed by atoms with E-state index in [0.29, 0.717) is 17.9 Å². The van der Waals surface area contributed by atoms with Gasteiger partial charge in [0.25, 0.3) is 5.91 Å². The number of nitrogens with one attached hydrogen (secondary N) is 2. The quantitative estimate of drug-likeness (QED) is 0.377. The normalized spacial score (nSPS) is 17.7. The van der Waals surface area contributed by atoms with Crippen LogP contribution in [0.5, 0.6) is 0 Å². The van der Waals surface area contributed by atoms with Crippen molar-refractivity contribution in [3.05, 3.63) is 54.0 Å². The van der Waals surface area contributed by atoms with E-state index in [0.717, 1.165) is 39.0 Å². The van der Waals surface area contributed by atoms with Gasteiger partial charge in [-0.3, -0.25) is 10.0 Å². The molecule has 3 aromatic rings. The minimum absolute atomic E-state index is 0.245. The lowest BCUT2D eigenvalue weighted by Crippen LogP contribution is -2.38. The van der Waals surface area contributed by atoms with Crippen LogP contribution in [0.3, 0.4) is 0 Å². The number of nitrogens with zero attached hydrogens (tertiary/aromatic N) is 4. The number of rotatable bonds is 7. The first kappa shape index (κ1) is 21.9. The van der Waals surface area contributed by atoms with Crippen molar-refractivity contribution in [1.29, 1.82) is 0 Å². The molecular weight excluding hydrogens is 416 g/mol. The highest BCUT2D eigenvalue weighted by Crippen LogP contribution is 2.34. The minimum Gasteiger partial charge on any atom is -0.344 e. The fourth-order valence-electron chi connectivity index (χ4n) is 5.32. The van der Waals surface area contributed by atoms with Gasteiger partial charge >= 0.3 is 0 Å². The molecule has 174 valence electrons. The number of hydrogen-bond acceptors (Lipinski definition) is 6. The standard InChI is InChI=1S/C25H32N6O2/c32-24(29-33)19-15-27-25(28-16-19)30-11-9-18(10-12-30)13-26-14-20-17-31(21-5-1-2-6-21)23-8-4-3-7-22(20)23/h3-4,7-8,15-18,21,26,33H,1-2,5-6,9-14H2,(H,29,32). The molecule has 1 saturated carbocycles. The maximum absolute atomic E-state index is 11.4. The maximum Gasteiger partial charge on any atom is 0.277 e. The fourth-order valence-corrected chi connectivity index (χ4v) is 5.32. The second-order valence-corrected chi connectivity index (χ2v) is 9.29. The van der Waals surface area contributed by atoms with E-state index in [-0.39, 0.29) is 5.56 Å². The fraction of sp³-hybridized carbons (Fsp3) is 0.480. The first-order valence-corrected chi connectivity index (χ1v) is 12.0. The van der Waals surface area contributed by atoms with Gasteiger partial charge in [-0.2, -0.15) is 0 Å². The minimum atomic E-state index is -0.599. The van der Waals surface area contributed by atoms with Crippen LogP contribution in [-0.2, 0) is 6.54 Å². The van der Waals surface area contributed by atoms with E-state index < -0.39 is 5.91 Å². The average Bonchev–Trinajstić information content (AvgIpc) is 3.53. The number of hydroxylamine groups is 1. The Hall–Kier alpha value is -2.97. The first-order chi connectivity index (χ1) is 16.2. The van der Waals surface area contributed by atoms with Crippen molar-refractivity contribution in [2.45, 2.75) is 51.1 Å². The van der Waals surface area contributed by atoms with E-state index in [2.05, 4.69) is 55.2 Å². The number of carbonyl (C=O) groups is 1. The van der Waals surface area contributed by atoms with Crippen LogP contribution in [0.2, 0.25) is 0 Å². The number of hydrogen-bond donors (Lipinski definition) is 3. The lowest BCUT2D eigenvalue weighted by molar-refractivity contribution is 0.0705. The number of aromatic nitrogens is 3. The third-order valence-electron chi connectivity index (χ3n) is 7.19. The molecule has 8 heteroatoms. The van der Waals surface area contributed by atoms with Crippen molar-refractivity contribution in [3.63, 3.8) is 0 Å². The van der Waals surface area contributed by atoms with Crippen LogP contribution in [0.25, 0.3) is 10.9 Å². The Morgan fingerprint density at radius 1 is 1.06 bits per heavy atom. The lowest BCUT2D eigenvalue weighted by Gasteiger charge is -2.32. The number of carbonyl (C=O) groups excluding carboxylic acids is 1. The molecule has 1 aromatic carbocycles. The number of piperidine rings is 1. The predicted molar refractivity (Wildman–Crippen MR) is 127 cm³/mol. The zero-order valence-corrected chi connectivity index (χ0v) is 18.9. The van der Waals surface area contributed by atoms with Crippen LogP contribution in [0.4, 0.5) is 5.95 Å². The van der Waals surface area contributed by atoms with Crippen molar-refractivity contribution in [2.24, 2.45) is 5.92 Å². The zero-order valence-electron chi connectivity index (χ0n) is 18.9. The van der Waals surface area contributed by atoms with Gasteiger partial charge in [0.05, 0.1) is 5.56 Å². The Labute approximate surface area is 194 Å². The molecule has 0 radical (unpaired) electrons. The van der Waals surface area contributed by atoms with Crippen LogP contribution >= 0.6 is 0 Å². The van der Waals surface area contributed by atoms with Crippen LogP contribution in [0.15, 0.2) is 42.9 Å². The molecule has 0 atom stereocenters. The van der Waals surface area contributed by atoms with E-state index in [1.807, 2.05) is 0 Å². The summed E-state index contributed by atoms with van der Waals surface area (Å²) in [5.74, 6) is 0.664. The zero-order chi connectivity index (χ0) is 22.6. The van der Waals surface area contributed by atoms with Gasteiger partial charge in [0.2, 0.25) is 5.95 Å². The second kappa shape index (κ2) is 9.89. The average molecular weight is 449 g/mol. The SMILES string of the molecule is O=C(NO)c1cnc(N2CCC(CNCc3cn(C4CCCC4)c4ccccc34)CC2)nc1. The molecule has 5 rings (SSSR count). The largest absolute Gasteiger partial charge is 0.344 e. The lowest BCUT2D eigenvalue weighted by atomic mass is 9.97. The van der Waals surface area contributed by atoms with Gasteiger partial charge in [-0.15, -0.1) is 0 Å². The van der Waals surface area contributed by atoms with Gasteiger partial charge in [-0.05, 0) is 49.8 Å². The van der Waals surface area contributed by atoms with Crippen molar-refractivity contribution in [1.82, 2.24) is 25.3 Å². The van der Waals surface area contributed by atoms with Gasteiger partial charge in [0.15, 0.2) is 0 Å². The molecular formula is C25H32N6O2. The first-order valence-electron chi connectivity index (χ1n) is 12.0. The molecule has 0 bridgehead atoms. The summed E-state index contributed by atoms with van der Waals surface area (Å²) in [5.41, 5.74) is 4.62. The van der Waals surface area contributed by atoms with E-state index in [1.54, 1.807) is 5.48 Å². The molecule has 1 saturated heterocycles. The highest BCUT2D eigenvalue weighted by Gasteiger charge is 2.22. The molecule has 2 fully saturated rings. The molecule has 1 aliphatic carbocycles. The Morgan fingerprint density at radius 2 is 1.79 bits per heavy atom. The Bertz CT molecular complexity index is 1080. The molecule has 1 aliphatic heterocycles. The molecule has 3 heterocycles. The number of fused-ring (bicyclic) bond motifs is 1. The van der Waals surface area contributed by atoms with Crippen molar-refractivity contribution in [3.8, 4) is 0 Å². The highest BCUT2D eigenvalue weighted by atomic mass is 16.5. The van der Waals surface area contributed by atoms with Gasteiger partial charge in [0, 0.05) is 55.2 Å². The summed E-state index contributed by atoms with van der Waals surface area (Å²) in [7, 11) is 0. The molecule has 2 aliphatic rings. The highest BCUT2D eigenvalue weighted by molar-refractivity contribution is 5.92. The molecule has 0 spiro atoms. The Kier molecular flexibility index (Phi) is 6.55. The third kappa shape index (κ3) is 4.72.